The molecule has 2 aromatic rings. The fraction of sp³-hybridized carbons (Fsp3) is 0.0714. The smallest absolute Gasteiger partial charge is 0.176 e. The SMILES string of the molecule is O=C(CSc1ccc(Cl)cc1)c1cc(F)ccc1F. The second-order valence-electron chi connectivity index (χ2n) is 3.79. The molecule has 2 rings (SSSR count). The second kappa shape index (κ2) is 6.17. The number of Topliss-reactive ketones (excluding diaryl/α,β-unsaturated/α-hetero) is 1. The molecule has 19 heavy (non-hydrogen) atoms. The van der Waals surface area contributed by atoms with Crippen LogP contribution in [0.2, 0.25) is 5.02 Å². The zero-order chi connectivity index (χ0) is 13.8. The predicted molar refractivity (Wildman–Crippen MR) is 72.9 cm³/mol. The van der Waals surface area contributed by atoms with E-state index in [9.17, 15) is 13.6 Å². The number of ketones is 1. The number of rotatable bonds is 4. The molecule has 98 valence electrons. The molecule has 0 amide bonds. The van der Waals surface area contributed by atoms with Gasteiger partial charge in [0.05, 0.1) is 11.3 Å². The van der Waals surface area contributed by atoms with Crippen LogP contribution in [0, 0.1) is 11.6 Å². The first kappa shape index (κ1) is 14.0. The van der Waals surface area contributed by atoms with E-state index in [1.165, 1.54) is 11.8 Å². The summed E-state index contributed by atoms with van der Waals surface area (Å²) in [5.41, 5.74) is -0.221. The lowest BCUT2D eigenvalue weighted by molar-refractivity contribution is 0.101. The van der Waals surface area contributed by atoms with Gasteiger partial charge in [-0.1, -0.05) is 11.6 Å². The van der Waals surface area contributed by atoms with Crippen molar-refractivity contribution in [1.29, 1.82) is 0 Å². The van der Waals surface area contributed by atoms with Crippen LogP contribution in [0.5, 0.6) is 0 Å². The summed E-state index contributed by atoms with van der Waals surface area (Å²) in [6.07, 6.45) is 0. The lowest BCUT2D eigenvalue weighted by atomic mass is 10.1. The molecule has 0 heterocycles. The first-order chi connectivity index (χ1) is 9.06. The summed E-state index contributed by atoms with van der Waals surface area (Å²) in [7, 11) is 0. The van der Waals surface area contributed by atoms with Crippen LogP contribution in [0.25, 0.3) is 0 Å². The Balaban J connectivity index is 2.05. The van der Waals surface area contributed by atoms with E-state index in [1.807, 2.05) is 0 Å². The molecule has 0 aliphatic heterocycles. The Bertz CT molecular complexity index is 599. The summed E-state index contributed by atoms with van der Waals surface area (Å²) in [5.74, 6) is -1.73. The van der Waals surface area contributed by atoms with E-state index >= 15 is 0 Å². The van der Waals surface area contributed by atoms with Gasteiger partial charge in [-0.2, -0.15) is 0 Å². The number of halogens is 3. The molecule has 0 aliphatic carbocycles. The molecule has 0 spiro atoms. The van der Waals surface area contributed by atoms with Crippen LogP contribution in [0.4, 0.5) is 8.78 Å². The Labute approximate surface area is 118 Å². The van der Waals surface area contributed by atoms with E-state index in [0.717, 1.165) is 23.1 Å². The van der Waals surface area contributed by atoms with Crippen LogP contribution in [0.15, 0.2) is 47.4 Å². The molecule has 0 saturated carbocycles. The summed E-state index contributed by atoms with van der Waals surface area (Å²) in [6.45, 7) is 0. The molecule has 0 radical (unpaired) electrons. The lowest BCUT2D eigenvalue weighted by Gasteiger charge is -2.03. The van der Waals surface area contributed by atoms with Crippen molar-refractivity contribution in [2.45, 2.75) is 4.90 Å². The Morgan fingerprint density at radius 1 is 1.11 bits per heavy atom. The van der Waals surface area contributed by atoms with Crippen molar-refractivity contribution in [2.24, 2.45) is 0 Å². The van der Waals surface area contributed by atoms with Gasteiger partial charge in [0.25, 0.3) is 0 Å². The standard InChI is InChI=1S/C14H9ClF2OS/c15-9-1-4-11(5-2-9)19-8-14(18)12-7-10(16)3-6-13(12)17/h1-7H,8H2. The van der Waals surface area contributed by atoms with Gasteiger partial charge < -0.3 is 0 Å². The Hall–Kier alpha value is -1.39. The quantitative estimate of drug-likeness (QED) is 0.606. The minimum absolute atomic E-state index is 0.0437. The molecule has 0 atom stereocenters. The second-order valence-corrected chi connectivity index (χ2v) is 5.28. The Morgan fingerprint density at radius 3 is 2.47 bits per heavy atom. The minimum atomic E-state index is -0.705. The van der Waals surface area contributed by atoms with Gasteiger partial charge in [0.15, 0.2) is 5.78 Å². The number of hydrogen-bond acceptors (Lipinski definition) is 2. The van der Waals surface area contributed by atoms with Crippen molar-refractivity contribution >= 4 is 29.1 Å². The van der Waals surface area contributed by atoms with Crippen LogP contribution >= 0.6 is 23.4 Å². The summed E-state index contributed by atoms with van der Waals surface area (Å²) in [6, 6.07) is 9.80. The number of hydrogen-bond donors (Lipinski definition) is 0. The summed E-state index contributed by atoms with van der Waals surface area (Å²) >= 11 is 6.99. The number of carbonyl (C=O) groups is 1. The number of benzene rings is 2. The van der Waals surface area contributed by atoms with E-state index in [1.54, 1.807) is 24.3 Å². The largest absolute Gasteiger partial charge is 0.293 e. The topological polar surface area (TPSA) is 17.1 Å². The molecule has 0 saturated heterocycles. The molecular formula is C14H9ClF2OS. The maximum Gasteiger partial charge on any atom is 0.176 e. The van der Waals surface area contributed by atoms with Crippen molar-refractivity contribution in [3.05, 3.63) is 64.7 Å². The van der Waals surface area contributed by atoms with Crippen LogP contribution in [-0.4, -0.2) is 11.5 Å². The molecule has 2 aromatic carbocycles. The van der Waals surface area contributed by atoms with Gasteiger partial charge in [0.2, 0.25) is 0 Å². The van der Waals surface area contributed by atoms with E-state index in [2.05, 4.69) is 0 Å². The van der Waals surface area contributed by atoms with Crippen LogP contribution in [-0.2, 0) is 0 Å². The molecule has 5 heteroatoms. The highest BCUT2D eigenvalue weighted by Gasteiger charge is 2.13. The van der Waals surface area contributed by atoms with Gasteiger partial charge >= 0.3 is 0 Å². The van der Waals surface area contributed by atoms with Crippen molar-refractivity contribution < 1.29 is 13.6 Å². The summed E-state index contributed by atoms with van der Waals surface area (Å²) < 4.78 is 26.4. The van der Waals surface area contributed by atoms with Gasteiger partial charge in [-0.25, -0.2) is 8.78 Å². The van der Waals surface area contributed by atoms with E-state index in [-0.39, 0.29) is 11.3 Å². The van der Waals surface area contributed by atoms with Crippen molar-refractivity contribution in [2.75, 3.05) is 5.75 Å². The van der Waals surface area contributed by atoms with Gasteiger partial charge in [-0.05, 0) is 42.5 Å². The Morgan fingerprint density at radius 2 is 1.79 bits per heavy atom. The fourth-order valence-electron chi connectivity index (χ4n) is 1.47. The zero-order valence-corrected chi connectivity index (χ0v) is 11.3. The monoisotopic (exact) mass is 298 g/mol. The highest BCUT2D eigenvalue weighted by atomic mass is 35.5. The minimum Gasteiger partial charge on any atom is -0.293 e. The molecular weight excluding hydrogens is 290 g/mol. The zero-order valence-electron chi connectivity index (χ0n) is 9.70. The summed E-state index contributed by atoms with van der Waals surface area (Å²) in [4.78, 5) is 12.6. The number of carbonyl (C=O) groups excluding carboxylic acids is 1. The Kier molecular flexibility index (Phi) is 4.56. The van der Waals surface area contributed by atoms with Gasteiger partial charge in [0.1, 0.15) is 11.6 Å². The van der Waals surface area contributed by atoms with Gasteiger partial charge in [0, 0.05) is 9.92 Å². The van der Waals surface area contributed by atoms with Gasteiger partial charge in [-0.15, -0.1) is 11.8 Å². The molecule has 0 unspecified atom stereocenters. The molecule has 0 aliphatic rings. The molecule has 0 aromatic heterocycles. The lowest BCUT2D eigenvalue weighted by Crippen LogP contribution is -2.05. The first-order valence-electron chi connectivity index (χ1n) is 5.43. The fourth-order valence-corrected chi connectivity index (χ4v) is 2.38. The van der Waals surface area contributed by atoms with Crippen molar-refractivity contribution in [3.8, 4) is 0 Å². The molecule has 1 nitrogen and oxygen atoms in total. The number of thioether (sulfide) groups is 1. The third kappa shape index (κ3) is 3.78. The maximum absolute atomic E-state index is 13.4. The van der Waals surface area contributed by atoms with Crippen LogP contribution in [0.1, 0.15) is 10.4 Å². The third-order valence-electron chi connectivity index (χ3n) is 2.41. The average molecular weight is 299 g/mol. The molecule has 0 bridgehead atoms. The van der Waals surface area contributed by atoms with E-state index in [0.29, 0.717) is 5.02 Å². The first-order valence-corrected chi connectivity index (χ1v) is 6.79. The normalized spacial score (nSPS) is 10.5. The van der Waals surface area contributed by atoms with Crippen LogP contribution < -0.4 is 0 Å². The van der Waals surface area contributed by atoms with Crippen molar-refractivity contribution in [1.82, 2.24) is 0 Å². The molecule has 0 fully saturated rings. The maximum atomic E-state index is 13.4. The predicted octanol–water partition coefficient (Wildman–Crippen LogP) is 4.59. The van der Waals surface area contributed by atoms with Gasteiger partial charge in [-0.3, -0.25) is 4.79 Å². The van der Waals surface area contributed by atoms with E-state index in [4.69, 9.17) is 11.6 Å². The highest BCUT2D eigenvalue weighted by molar-refractivity contribution is 8.00. The molecule has 0 N–H and O–H groups in total. The third-order valence-corrected chi connectivity index (χ3v) is 3.68. The van der Waals surface area contributed by atoms with Crippen LogP contribution in [0.3, 0.4) is 0 Å². The summed E-state index contributed by atoms with van der Waals surface area (Å²) in [5, 5.41) is 0.604. The van der Waals surface area contributed by atoms with Crippen molar-refractivity contribution in [3.63, 3.8) is 0 Å². The highest BCUT2D eigenvalue weighted by Crippen LogP contribution is 2.22. The average Bonchev–Trinajstić information content (AvgIpc) is 2.40. The van der Waals surface area contributed by atoms with E-state index < -0.39 is 17.4 Å².